The third-order valence-corrected chi connectivity index (χ3v) is 4.79. The third kappa shape index (κ3) is 4.26. The van der Waals surface area contributed by atoms with Crippen LogP contribution in [0.1, 0.15) is 31.8 Å². The van der Waals surface area contributed by atoms with Crippen LogP contribution in [0.4, 0.5) is 20.8 Å². The number of carbonyl (C=O) groups is 3. The molecule has 0 unspecified atom stereocenters. The van der Waals surface area contributed by atoms with Gasteiger partial charge in [-0.1, -0.05) is 30.2 Å². The van der Waals surface area contributed by atoms with Gasteiger partial charge in [0.15, 0.2) is 11.6 Å². The molecule has 0 radical (unpaired) electrons. The van der Waals surface area contributed by atoms with E-state index in [1.165, 1.54) is 42.5 Å². The molecule has 4 rings (SSSR count). The van der Waals surface area contributed by atoms with E-state index in [0.717, 1.165) is 0 Å². The Morgan fingerprint density at radius 1 is 1.00 bits per heavy atom. The summed E-state index contributed by atoms with van der Waals surface area (Å²) in [6.07, 6.45) is 3.98. The first kappa shape index (κ1) is 21.3. The van der Waals surface area contributed by atoms with Crippen molar-refractivity contribution >= 4 is 40.5 Å². The van der Waals surface area contributed by atoms with Gasteiger partial charge in [0.2, 0.25) is 5.95 Å². The van der Waals surface area contributed by atoms with Crippen LogP contribution >= 0.6 is 0 Å². The zero-order valence-electron chi connectivity index (χ0n) is 16.8. The number of hydrogen-bond acceptors (Lipinski definition) is 4. The SMILES string of the molecule is C#Cc1cccc(NC(=O)c2ccccc2C(=O)c2ccc3nc(NC(=O)O)[nH]c3c2)c1F. The number of benzene rings is 3. The van der Waals surface area contributed by atoms with Crippen LogP contribution in [0.3, 0.4) is 0 Å². The average Bonchev–Trinajstić information content (AvgIpc) is 3.20. The molecule has 0 aliphatic heterocycles. The van der Waals surface area contributed by atoms with Gasteiger partial charge in [-0.3, -0.25) is 14.9 Å². The molecule has 9 heteroatoms. The highest BCUT2D eigenvalue weighted by atomic mass is 19.1. The molecule has 1 aromatic heterocycles. The predicted molar refractivity (Wildman–Crippen MR) is 120 cm³/mol. The number of H-pyrrole nitrogens is 1. The zero-order chi connectivity index (χ0) is 23.5. The van der Waals surface area contributed by atoms with Crippen LogP contribution in [0.15, 0.2) is 60.7 Å². The van der Waals surface area contributed by atoms with Gasteiger partial charge in [-0.25, -0.2) is 14.2 Å². The molecule has 2 amide bonds. The van der Waals surface area contributed by atoms with Crippen LogP contribution in [0, 0.1) is 18.2 Å². The first-order valence-corrected chi connectivity index (χ1v) is 9.57. The van der Waals surface area contributed by atoms with Crippen molar-refractivity contribution in [2.24, 2.45) is 0 Å². The molecule has 4 N–H and O–H groups in total. The lowest BCUT2D eigenvalue weighted by Gasteiger charge is -2.11. The summed E-state index contributed by atoms with van der Waals surface area (Å²) < 4.78 is 14.4. The van der Waals surface area contributed by atoms with E-state index in [4.69, 9.17) is 11.5 Å². The number of imidazole rings is 1. The molecule has 0 aliphatic rings. The predicted octanol–water partition coefficient (Wildman–Crippen LogP) is 4.26. The van der Waals surface area contributed by atoms with Gasteiger partial charge >= 0.3 is 6.09 Å². The maximum absolute atomic E-state index is 14.4. The summed E-state index contributed by atoms with van der Waals surface area (Å²) >= 11 is 0. The number of nitrogens with one attached hydrogen (secondary N) is 3. The topological polar surface area (TPSA) is 124 Å². The molecule has 4 aromatic rings. The Bertz CT molecular complexity index is 1470. The largest absolute Gasteiger partial charge is 0.465 e. The molecule has 0 spiro atoms. The van der Waals surface area contributed by atoms with Gasteiger partial charge in [-0.15, -0.1) is 6.42 Å². The number of amides is 2. The summed E-state index contributed by atoms with van der Waals surface area (Å²) in [7, 11) is 0. The van der Waals surface area contributed by atoms with Gasteiger partial charge in [0.05, 0.1) is 27.8 Å². The number of anilines is 2. The Morgan fingerprint density at radius 3 is 2.48 bits per heavy atom. The van der Waals surface area contributed by atoms with Crippen molar-refractivity contribution in [2.75, 3.05) is 10.6 Å². The van der Waals surface area contributed by atoms with E-state index >= 15 is 0 Å². The number of terminal acetylenes is 1. The second kappa shape index (κ2) is 8.64. The highest BCUT2D eigenvalue weighted by Crippen LogP contribution is 2.22. The van der Waals surface area contributed by atoms with Crippen LogP contribution in [0.25, 0.3) is 11.0 Å². The van der Waals surface area contributed by atoms with Crippen LogP contribution in [0.5, 0.6) is 0 Å². The van der Waals surface area contributed by atoms with Gasteiger partial charge in [0.25, 0.3) is 5.91 Å². The molecule has 33 heavy (non-hydrogen) atoms. The Morgan fingerprint density at radius 2 is 1.76 bits per heavy atom. The quantitative estimate of drug-likeness (QED) is 0.272. The summed E-state index contributed by atoms with van der Waals surface area (Å²) in [5.41, 5.74) is 1.17. The molecule has 0 aliphatic carbocycles. The van der Waals surface area contributed by atoms with Gasteiger partial charge in [-0.2, -0.15) is 0 Å². The van der Waals surface area contributed by atoms with Crippen LogP contribution < -0.4 is 10.6 Å². The highest BCUT2D eigenvalue weighted by Gasteiger charge is 2.20. The van der Waals surface area contributed by atoms with E-state index in [2.05, 4.69) is 26.5 Å². The number of nitrogens with zero attached hydrogens (tertiary/aromatic N) is 1. The molecule has 1 heterocycles. The first-order valence-electron chi connectivity index (χ1n) is 9.57. The summed E-state index contributed by atoms with van der Waals surface area (Å²) in [5.74, 6) is 0.336. The molecule has 0 bridgehead atoms. The standard InChI is InChI=1S/C24H15FN4O4/c1-2-13-6-5-9-18(20(13)25)26-22(31)16-8-4-3-7-15(16)21(30)14-10-11-17-19(12-14)28-23(27-17)29-24(32)33/h1,3-12H,(H,26,31)(H,32,33)(H2,27,28,29). The van der Waals surface area contributed by atoms with Crippen LogP contribution in [0.2, 0.25) is 0 Å². The van der Waals surface area contributed by atoms with Gasteiger partial charge in [0.1, 0.15) is 0 Å². The van der Waals surface area contributed by atoms with Crippen molar-refractivity contribution in [3.63, 3.8) is 0 Å². The minimum absolute atomic E-state index is 0.00165. The smallest absolute Gasteiger partial charge is 0.411 e. The number of carboxylic acid groups (broad SMARTS) is 1. The van der Waals surface area contributed by atoms with Crippen molar-refractivity contribution in [3.05, 3.63) is 88.7 Å². The molecule has 0 fully saturated rings. The number of halogens is 1. The molecule has 0 atom stereocenters. The minimum atomic E-state index is -1.28. The Kier molecular flexibility index (Phi) is 5.57. The second-order valence-corrected chi connectivity index (χ2v) is 6.89. The second-order valence-electron chi connectivity index (χ2n) is 6.89. The van der Waals surface area contributed by atoms with Crippen molar-refractivity contribution in [1.82, 2.24) is 9.97 Å². The summed E-state index contributed by atoms with van der Waals surface area (Å²) in [6.45, 7) is 0. The Balaban J connectivity index is 1.65. The summed E-state index contributed by atoms with van der Waals surface area (Å²) in [4.78, 5) is 43.7. The number of carbonyl (C=O) groups excluding carboxylic acids is 2. The monoisotopic (exact) mass is 442 g/mol. The lowest BCUT2D eigenvalue weighted by atomic mass is 9.97. The molecule has 0 saturated heterocycles. The van der Waals surface area contributed by atoms with Crippen LogP contribution in [-0.2, 0) is 0 Å². The average molecular weight is 442 g/mol. The van der Waals surface area contributed by atoms with E-state index in [9.17, 15) is 18.8 Å². The Hall–Kier alpha value is -4.97. The lowest BCUT2D eigenvalue weighted by Crippen LogP contribution is -2.17. The molecule has 162 valence electrons. The van der Waals surface area contributed by atoms with Gasteiger partial charge < -0.3 is 15.4 Å². The van der Waals surface area contributed by atoms with Crippen molar-refractivity contribution in [1.29, 1.82) is 0 Å². The maximum atomic E-state index is 14.4. The fraction of sp³-hybridized carbons (Fsp3) is 0. The van der Waals surface area contributed by atoms with E-state index in [-0.39, 0.29) is 33.9 Å². The van der Waals surface area contributed by atoms with Crippen LogP contribution in [-0.4, -0.2) is 32.9 Å². The molecular formula is C24H15FN4O4. The molecule has 8 nitrogen and oxygen atoms in total. The summed E-state index contributed by atoms with van der Waals surface area (Å²) in [5, 5.41) is 13.4. The number of ketones is 1. The van der Waals surface area contributed by atoms with Crippen molar-refractivity contribution < 1.29 is 23.9 Å². The van der Waals surface area contributed by atoms with E-state index in [1.54, 1.807) is 18.2 Å². The van der Waals surface area contributed by atoms with Crippen molar-refractivity contribution in [2.45, 2.75) is 0 Å². The minimum Gasteiger partial charge on any atom is -0.465 e. The highest BCUT2D eigenvalue weighted by molar-refractivity contribution is 6.18. The molecular weight excluding hydrogens is 427 g/mol. The molecule has 0 saturated carbocycles. The summed E-state index contributed by atoms with van der Waals surface area (Å²) in [6, 6.07) is 15.0. The fourth-order valence-corrected chi connectivity index (χ4v) is 3.28. The fourth-order valence-electron chi connectivity index (χ4n) is 3.28. The molecule has 3 aromatic carbocycles. The number of rotatable bonds is 5. The number of aromatic nitrogens is 2. The van der Waals surface area contributed by atoms with Gasteiger partial charge in [-0.05, 0) is 36.4 Å². The van der Waals surface area contributed by atoms with E-state index in [1.807, 2.05) is 0 Å². The van der Waals surface area contributed by atoms with E-state index < -0.39 is 23.6 Å². The lowest BCUT2D eigenvalue weighted by molar-refractivity contribution is 0.0996. The zero-order valence-corrected chi connectivity index (χ0v) is 16.8. The third-order valence-electron chi connectivity index (χ3n) is 4.79. The number of hydrogen-bond donors (Lipinski definition) is 4. The van der Waals surface area contributed by atoms with Gasteiger partial charge in [0, 0.05) is 11.1 Å². The Labute approximate surface area is 186 Å². The first-order chi connectivity index (χ1) is 15.9. The number of aromatic amines is 1. The normalized spacial score (nSPS) is 10.4. The van der Waals surface area contributed by atoms with Crippen molar-refractivity contribution in [3.8, 4) is 12.3 Å². The maximum Gasteiger partial charge on any atom is 0.411 e. The van der Waals surface area contributed by atoms with E-state index in [0.29, 0.717) is 11.0 Å². The number of fused-ring (bicyclic) bond motifs is 1.